The van der Waals surface area contributed by atoms with Gasteiger partial charge in [0, 0.05) is 19.7 Å². The minimum absolute atomic E-state index is 0.0865. The van der Waals surface area contributed by atoms with Crippen LogP contribution in [0.15, 0.2) is 0 Å². The highest BCUT2D eigenvalue weighted by Gasteiger charge is 2.36. The van der Waals surface area contributed by atoms with E-state index in [9.17, 15) is 4.79 Å². The minimum Gasteiger partial charge on any atom is -0.383 e. The number of carbonyl (C=O) groups excluding carboxylic acids is 1. The molecule has 1 aliphatic carbocycles. The first-order valence-corrected chi connectivity index (χ1v) is 6.79. The molecule has 1 amide bonds. The van der Waals surface area contributed by atoms with Crippen molar-refractivity contribution in [1.29, 1.82) is 0 Å². The number of ether oxygens (including phenoxy) is 1. The second kappa shape index (κ2) is 5.83. The van der Waals surface area contributed by atoms with Gasteiger partial charge in [0.1, 0.15) is 6.04 Å². The van der Waals surface area contributed by atoms with Gasteiger partial charge >= 0.3 is 0 Å². The van der Waals surface area contributed by atoms with Crippen LogP contribution >= 0.6 is 0 Å². The first-order valence-electron chi connectivity index (χ1n) is 6.79. The van der Waals surface area contributed by atoms with Gasteiger partial charge in [-0.15, -0.1) is 0 Å². The van der Waals surface area contributed by atoms with Crippen LogP contribution in [0.4, 0.5) is 0 Å². The van der Waals surface area contributed by atoms with Crippen LogP contribution in [0, 0.1) is 5.92 Å². The molecule has 1 saturated heterocycles. The van der Waals surface area contributed by atoms with E-state index in [0.29, 0.717) is 12.6 Å². The molecule has 0 aromatic rings. The molecule has 98 valence electrons. The summed E-state index contributed by atoms with van der Waals surface area (Å²) in [5.41, 5.74) is 5.86. The summed E-state index contributed by atoms with van der Waals surface area (Å²) in [7, 11) is 1.59. The van der Waals surface area contributed by atoms with Crippen LogP contribution in [0.1, 0.15) is 38.5 Å². The number of nitrogens with zero attached hydrogens (tertiary/aromatic N) is 1. The Morgan fingerprint density at radius 3 is 2.82 bits per heavy atom. The molecule has 4 nitrogen and oxygen atoms in total. The quantitative estimate of drug-likeness (QED) is 0.805. The lowest BCUT2D eigenvalue weighted by Gasteiger charge is -2.44. The van der Waals surface area contributed by atoms with Crippen molar-refractivity contribution in [2.24, 2.45) is 11.7 Å². The Balaban J connectivity index is 2.00. The largest absolute Gasteiger partial charge is 0.383 e. The van der Waals surface area contributed by atoms with Crippen molar-refractivity contribution in [3.05, 3.63) is 0 Å². The van der Waals surface area contributed by atoms with Crippen molar-refractivity contribution in [3.8, 4) is 0 Å². The second-order valence-electron chi connectivity index (χ2n) is 5.35. The number of amides is 1. The lowest BCUT2D eigenvalue weighted by atomic mass is 9.78. The Kier molecular flexibility index (Phi) is 4.40. The Morgan fingerprint density at radius 1 is 1.35 bits per heavy atom. The van der Waals surface area contributed by atoms with Gasteiger partial charge in [0.25, 0.3) is 0 Å². The molecule has 3 atom stereocenters. The third kappa shape index (κ3) is 2.80. The molecule has 2 N–H and O–H groups in total. The molecule has 1 saturated carbocycles. The molecule has 4 heteroatoms. The third-order valence-electron chi connectivity index (χ3n) is 4.19. The van der Waals surface area contributed by atoms with Crippen molar-refractivity contribution in [3.63, 3.8) is 0 Å². The fraction of sp³-hybridized carbons (Fsp3) is 0.923. The van der Waals surface area contributed by atoms with Crippen LogP contribution in [0.3, 0.4) is 0 Å². The highest BCUT2D eigenvalue weighted by molar-refractivity contribution is 5.82. The van der Waals surface area contributed by atoms with E-state index in [1.165, 1.54) is 25.7 Å². The molecule has 2 fully saturated rings. The zero-order chi connectivity index (χ0) is 12.3. The normalized spacial score (nSPS) is 30.8. The Bertz CT molecular complexity index is 268. The zero-order valence-corrected chi connectivity index (χ0v) is 10.7. The van der Waals surface area contributed by atoms with Crippen LogP contribution in [-0.4, -0.2) is 43.2 Å². The predicted octanol–water partition coefficient (Wildman–Crippen LogP) is 1.14. The van der Waals surface area contributed by atoms with Gasteiger partial charge in [0.15, 0.2) is 0 Å². The Hall–Kier alpha value is -0.610. The molecule has 0 aromatic carbocycles. The molecule has 0 radical (unpaired) electrons. The highest BCUT2D eigenvalue weighted by Crippen LogP contribution is 2.35. The van der Waals surface area contributed by atoms with E-state index in [0.717, 1.165) is 25.3 Å². The fourth-order valence-electron chi connectivity index (χ4n) is 3.36. The van der Waals surface area contributed by atoms with Crippen LogP contribution in [0.2, 0.25) is 0 Å². The molecule has 2 rings (SSSR count). The molecule has 0 aromatic heterocycles. The number of rotatable bonds is 3. The summed E-state index contributed by atoms with van der Waals surface area (Å²) >= 11 is 0. The molecule has 17 heavy (non-hydrogen) atoms. The number of likely N-dealkylation sites (tertiary alicyclic amines) is 1. The van der Waals surface area contributed by atoms with Gasteiger partial charge in [-0.2, -0.15) is 0 Å². The second-order valence-corrected chi connectivity index (χ2v) is 5.35. The molecule has 0 bridgehead atoms. The van der Waals surface area contributed by atoms with Gasteiger partial charge in [0.2, 0.25) is 5.91 Å². The van der Waals surface area contributed by atoms with E-state index >= 15 is 0 Å². The van der Waals surface area contributed by atoms with Crippen molar-refractivity contribution in [1.82, 2.24) is 4.90 Å². The van der Waals surface area contributed by atoms with E-state index in [-0.39, 0.29) is 5.91 Å². The SMILES string of the molecule is COCC(N)C(=O)N1CCCC2CCCCC21. The minimum atomic E-state index is -0.485. The highest BCUT2D eigenvalue weighted by atomic mass is 16.5. The first kappa shape index (κ1) is 12.8. The van der Waals surface area contributed by atoms with Gasteiger partial charge in [-0.05, 0) is 31.6 Å². The summed E-state index contributed by atoms with van der Waals surface area (Å²) in [5.74, 6) is 0.805. The predicted molar refractivity (Wildman–Crippen MR) is 66.5 cm³/mol. The number of hydrogen-bond donors (Lipinski definition) is 1. The van der Waals surface area contributed by atoms with Crippen molar-refractivity contribution >= 4 is 5.91 Å². The average Bonchev–Trinajstić information content (AvgIpc) is 2.37. The number of carbonyl (C=O) groups is 1. The Labute approximate surface area is 103 Å². The third-order valence-corrected chi connectivity index (χ3v) is 4.19. The number of methoxy groups -OCH3 is 1. The molecule has 2 aliphatic rings. The first-order chi connectivity index (χ1) is 8.24. The van der Waals surface area contributed by atoms with E-state index < -0.39 is 6.04 Å². The van der Waals surface area contributed by atoms with Crippen molar-refractivity contribution in [2.45, 2.75) is 50.6 Å². The lowest BCUT2D eigenvalue weighted by molar-refractivity contribution is -0.140. The Morgan fingerprint density at radius 2 is 2.06 bits per heavy atom. The summed E-state index contributed by atoms with van der Waals surface area (Å²) in [5, 5.41) is 0. The van der Waals surface area contributed by atoms with Crippen LogP contribution in [0.5, 0.6) is 0 Å². The summed E-state index contributed by atoms with van der Waals surface area (Å²) in [6.45, 7) is 1.21. The van der Waals surface area contributed by atoms with Crippen molar-refractivity contribution in [2.75, 3.05) is 20.3 Å². The standard InChI is InChI=1S/C13H24N2O2/c1-17-9-11(14)13(16)15-8-4-6-10-5-2-3-7-12(10)15/h10-12H,2-9,14H2,1H3. The summed E-state index contributed by atoms with van der Waals surface area (Å²) in [4.78, 5) is 14.3. The zero-order valence-electron chi connectivity index (χ0n) is 10.7. The van der Waals surface area contributed by atoms with Gasteiger partial charge in [-0.25, -0.2) is 0 Å². The molecular weight excluding hydrogens is 216 g/mol. The number of piperidine rings is 1. The fourth-order valence-corrected chi connectivity index (χ4v) is 3.36. The maximum absolute atomic E-state index is 12.3. The van der Waals surface area contributed by atoms with E-state index in [1.807, 2.05) is 4.90 Å². The van der Waals surface area contributed by atoms with Gasteiger partial charge in [-0.1, -0.05) is 12.8 Å². The van der Waals surface area contributed by atoms with E-state index in [2.05, 4.69) is 0 Å². The van der Waals surface area contributed by atoms with Crippen LogP contribution in [-0.2, 0) is 9.53 Å². The van der Waals surface area contributed by atoms with Gasteiger partial charge in [0.05, 0.1) is 6.61 Å². The van der Waals surface area contributed by atoms with Gasteiger partial charge < -0.3 is 15.4 Å². The summed E-state index contributed by atoms with van der Waals surface area (Å²) in [6, 6.07) is -0.0337. The number of nitrogens with two attached hydrogens (primary N) is 1. The van der Waals surface area contributed by atoms with E-state index in [1.54, 1.807) is 7.11 Å². The smallest absolute Gasteiger partial charge is 0.242 e. The van der Waals surface area contributed by atoms with Crippen molar-refractivity contribution < 1.29 is 9.53 Å². The summed E-state index contributed by atoms with van der Waals surface area (Å²) < 4.78 is 4.98. The molecule has 3 unspecified atom stereocenters. The van der Waals surface area contributed by atoms with Crippen LogP contribution in [0.25, 0.3) is 0 Å². The topological polar surface area (TPSA) is 55.6 Å². The lowest BCUT2D eigenvalue weighted by Crippen LogP contribution is -2.55. The molecule has 1 heterocycles. The molecular formula is C13H24N2O2. The summed E-state index contributed by atoms with van der Waals surface area (Å²) in [6.07, 6.45) is 7.45. The maximum Gasteiger partial charge on any atom is 0.242 e. The van der Waals surface area contributed by atoms with Crippen LogP contribution < -0.4 is 5.73 Å². The van der Waals surface area contributed by atoms with E-state index in [4.69, 9.17) is 10.5 Å². The van der Waals surface area contributed by atoms with Gasteiger partial charge in [-0.3, -0.25) is 4.79 Å². The molecule has 0 spiro atoms. The average molecular weight is 240 g/mol. The molecule has 1 aliphatic heterocycles. The monoisotopic (exact) mass is 240 g/mol. The number of fused-ring (bicyclic) bond motifs is 1. The maximum atomic E-state index is 12.3. The number of hydrogen-bond acceptors (Lipinski definition) is 3.